The van der Waals surface area contributed by atoms with Crippen LogP contribution in [0.15, 0.2) is 84.9 Å². The van der Waals surface area contributed by atoms with Crippen LogP contribution in [0, 0.1) is 0 Å². The van der Waals surface area contributed by atoms with Crippen molar-refractivity contribution in [3.05, 3.63) is 90.5 Å². The number of carbonyl (C=O) groups excluding carboxylic acids is 2. The third-order valence-corrected chi connectivity index (χ3v) is 4.22. The molecule has 3 aromatic carbocycles. The molecule has 0 heterocycles. The summed E-state index contributed by atoms with van der Waals surface area (Å²) in [7, 11) is 0. The number of ether oxygens (including phenoxy) is 1. The van der Waals surface area contributed by atoms with Crippen molar-refractivity contribution < 1.29 is 14.3 Å². The molecule has 0 saturated heterocycles. The molecule has 0 bridgehead atoms. The number of rotatable bonds is 7. The van der Waals surface area contributed by atoms with Gasteiger partial charge in [-0.3, -0.25) is 9.59 Å². The first-order valence-electron chi connectivity index (χ1n) is 8.84. The summed E-state index contributed by atoms with van der Waals surface area (Å²) in [5.74, 6) is 0.0206. The first-order valence-corrected chi connectivity index (χ1v) is 8.84. The largest absolute Gasteiger partial charge is 0.455 e. The van der Waals surface area contributed by atoms with Crippen LogP contribution >= 0.6 is 0 Å². The SMILES string of the molecule is C[C@@H](CC(=O)C(=O)Nc1ccccc1Oc1ccccc1)c1ccccc1. The van der Waals surface area contributed by atoms with E-state index in [0.29, 0.717) is 17.2 Å². The molecular weight excluding hydrogens is 338 g/mol. The highest BCUT2D eigenvalue weighted by Gasteiger charge is 2.19. The summed E-state index contributed by atoms with van der Waals surface area (Å²) in [4.78, 5) is 24.7. The Balaban J connectivity index is 1.66. The monoisotopic (exact) mass is 359 g/mol. The lowest BCUT2D eigenvalue weighted by molar-refractivity contribution is -0.135. The highest BCUT2D eigenvalue weighted by molar-refractivity contribution is 6.40. The predicted octanol–water partition coefficient (Wildman–Crippen LogP) is 5.18. The van der Waals surface area contributed by atoms with E-state index in [4.69, 9.17) is 4.74 Å². The van der Waals surface area contributed by atoms with E-state index in [-0.39, 0.29) is 12.3 Å². The van der Waals surface area contributed by atoms with Crippen molar-refractivity contribution in [3.63, 3.8) is 0 Å². The molecule has 0 fully saturated rings. The van der Waals surface area contributed by atoms with Crippen LogP contribution in [-0.2, 0) is 9.59 Å². The molecule has 1 amide bonds. The van der Waals surface area contributed by atoms with Crippen molar-refractivity contribution in [2.45, 2.75) is 19.3 Å². The fraction of sp³-hybridized carbons (Fsp3) is 0.130. The van der Waals surface area contributed by atoms with E-state index >= 15 is 0 Å². The molecule has 4 heteroatoms. The number of Topliss-reactive ketones (excluding diaryl/α,β-unsaturated/α-hetero) is 1. The quantitative estimate of drug-likeness (QED) is 0.591. The highest BCUT2D eigenvalue weighted by atomic mass is 16.5. The molecule has 0 radical (unpaired) electrons. The average Bonchev–Trinajstić information content (AvgIpc) is 2.71. The maximum Gasteiger partial charge on any atom is 0.291 e. The van der Waals surface area contributed by atoms with Gasteiger partial charge in [0, 0.05) is 6.42 Å². The van der Waals surface area contributed by atoms with Crippen LogP contribution in [0.1, 0.15) is 24.8 Å². The Morgan fingerprint density at radius 2 is 1.44 bits per heavy atom. The van der Waals surface area contributed by atoms with Gasteiger partial charge >= 0.3 is 0 Å². The van der Waals surface area contributed by atoms with Gasteiger partial charge in [-0.05, 0) is 35.7 Å². The third kappa shape index (κ3) is 5.05. The maximum atomic E-state index is 12.4. The topological polar surface area (TPSA) is 55.4 Å². The molecular formula is C23H21NO3. The number of amides is 1. The van der Waals surface area contributed by atoms with Gasteiger partial charge in [0.2, 0.25) is 5.78 Å². The van der Waals surface area contributed by atoms with Gasteiger partial charge in [0.05, 0.1) is 5.69 Å². The van der Waals surface area contributed by atoms with Crippen LogP contribution in [0.5, 0.6) is 11.5 Å². The molecule has 0 saturated carbocycles. The number of para-hydroxylation sites is 3. The minimum atomic E-state index is -0.637. The van der Waals surface area contributed by atoms with Crippen molar-refractivity contribution in [1.29, 1.82) is 0 Å². The van der Waals surface area contributed by atoms with Crippen molar-refractivity contribution in [1.82, 2.24) is 0 Å². The van der Waals surface area contributed by atoms with Gasteiger partial charge in [0.15, 0.2) is 5.75 Å². The third-order valence-electron chi connectivity index (χ3n) is 4.22. The zero-order valence-corrected chi connectivity index (χ0v) is 15.1. The number of anilines is 1. The first-order chi connectivity index (χ1) is 13.1. The second-order valence-corrected chi connectivity index (χ2v) is 6.30. The summed E-state index contributed by atoms with van der Waals surface area (Å²) in [5.41, 5.74) is 1.50. The van der Waals surface area contributed by atoms with Gasteiger partial charge in [0.25, 0.3) is 5.91 Å². The van der Waals surface area contributed by atoms with E-state index in [9.17, 15) is 9.59 Å². The average molecular weight is 359 g/mol. The summed E-state index contributed by atoms with van der Waals surface area (Å²) in [6.07, 6.45) is 0.150. The maximum absolute atomic E-state index is 12.4. The smallest absolute Gasteiger partial charge is 0.291 e. The van der Waals surface area contributed by atoms with Gasteiger partial charge in [-0.2, -0.15) is 0 Å². The molecule has 0 aliphatic heterocycles. The fourth-order valence-electron chi connectivity index (χ4n) is 2.74. The van der Waals surface area contributed by atoms with Crippen LogP contribution in [0.2, 0.25) is 0 Å². The van der Waals surface area contributed by atoms with Crippen LogP contribution in [0.25, 0.3) is 0 Å². The van der Waals surface area contributed by atoms with Crippen molar-refractivity contribution in [2.75, 3.05) is 5.32 Å². The molecule has 3 rings (SSSR count). The number of hydrogen-bond donors (Lipinski definition) is 1. The minimum absolute atomic E-state index is 0.0275. The summed E-state index contributed by atoms with van der Waals surface area (Å²) < 4.78 is 5.81. The van der Waals surface area contributed by atoms with E-state index in [1.54, 1.807) is 18.2 Å². The molecule has 0 unspecified atom stereocenters. The number of nitrogens with one attached hydrogen (secondary N) is 1. The standard InChI is InChI=1S/C23H21NO3/c1-17(18-10-4-2-5-11-18)16-21(25)23(26)24-20-14-8-9-15-22(20)27-19-12-6-3-7-13-19/h2-15,17H,16H2,1H3,(H,24,26)/t17-/m0/s1. The second-order valence-electron chi connectivity index (χ2n) is 6.30. The van der Waals surface area contributed by atoms with Gasteiger partial charge in [-0.25, -0.2) is 0 Å². The molecule has 0 spiro atoms. The lowest BCUT2D eigenvalue weighted by Gasteiger charge is -2.13. The Labute approximate surface area is 158 Å². The summed E-state index contributed by atoms with van der Waals surface area (Å²) in [5, 5.41) is 2.67. The van der Waals surface area contributed by atoms with Crippen LogP contribution in [0.3, 0.4) is 0 Å². The summed E-state index contributed by atoms with van der Waals surface area (Å²) >= 11 is 0. The predicted molar refractivity (Wildman–Crippen MR) is 106 cm³/mol. The molecule has 136 valence electrons. The van der Waals surface area contributed by atoms with E-state index in [2.05, 4.69) is 5.32 Å². The Kier molecular flexibility index (Phi) is 6.00. The Morgan fingerprint density at radius 3 is 2.15 bits per heavy atom. The number of benzene rings is 3. The van der Waals surface area contributed by atoms with E-state index in [1.165, 1.54) is 0 Å². The molecule has 0 aliphatic carbocycles. The molecule has 1 atom stereocenters. The molecule has 1 N–H and O–H groups in total. The van der Waals surface area contributed by atoms with Crippen molar-refractivity contribution in [3.8, 4) is 11.5 Å². The van der Waals surface area contributed by atoms with E-state index in [1.807, 2.05) is 73.7 Å². The molecule has 4 nitrogen and oxygen atoms in total. The number of hydrogen-bond acceptors (Lipinski definition) is 3. The van der Waals surface area contributed by atoms with Crippen LogP contribution in [-0.4, -0.2) is 11.7 Å². The van der Waals surface area contributed by atoms with E-state index in [0.717, 1.165) is 5.56 Å². The number of ketones is 1. The minimum Gasteiger partial charge on any atom is -0.455 e. The summed E-state index contributed by atoms with van der Waals surface area (Å²) in [6, 6.07) is 26.0. The highest BCUT2D eigenvalue weighted by Crippen LogP contribution is 2.29. The first kappa shape index (κ1) is 18.4. The second kappa shape index (κ2) is 8.81. The van der Waals surface area contributed by atoms with Gasteiger partial charge in [-0.15, -0.1) is 0 Å². The van der Waals surface area contributed by atoms with Crippen molar-refractivity contribution in [2.24, 2.45) is 0 Å². The van der Waals surface area contributed by atoms with Crippen molar-refractivity contribution >= 4 is 17.4 Å². The Hall–Kier alpha value is -3.40. The lowest BCUT2D eigenvalue weighted by Crippen LogP contribution is -2.24. The van der Waals surface area contributed by atoms with Gasteiger partial charge in [0.1, 0.15) is 5.75 Å². The lowest BCUT2D eigenvalue weighted by atomic mass is 9.95. The molecule has 0 aromatic heterocycles. The van der Waals surface area contributed by atoms with Crippen LogP contribution in [0.4, 0.5) is 5.69 Å². The molecule has 27 heavy (non-hydrogen) atoms. The van der Waals surface area contributed by atoms with Crippen LogP contribution < -0.4 is 10.1 Å². The zero-order valence-electron chi connectivity index (χ0n) is 15.1. The normalized spacial score (nSPS) is 11.4. The van der Waals surface area contributed by atoms with Gasteiger partial charge in [-0.1, -0.05) is 67.6 Å². The van der Waals surface area contributed by atoms with E-state index < -0.39 is 11.7 Å². The summed E-state index contributed by atoms with van der Waals surface area (Å²) in [6.45, 7) is 1.94. The zero-order chi connectivity index (χ0) is 19.1. The Bertz CT molecular complexity index is 907. The number of carbonyl (C=O) groups is 2. The Morgan fingerprint density at radius 1 is 0.852 bits per heavy atom. The molecule has 3 aromatic rings. The molecule has 0 aliphatic rings. The fourth-order valence-corrected chi connectivity index (χ4v) is 2.74. The van der Waals surface area contributed by atoms with Gasteiger partial charge < -0.3 is 10.1 Å².